The zero-order chi connectivity index (χ0) is 34.7. The van der Waals surface area contributed by atoms with Crippen molar-refractivity contribution in [2.24, 2.45) is 0 Å². The molecule has 0 aliphatic carbocycles. The lowest BCUT2D eigenvalue weighted by Crippen LogP contribution is -2.12. The molecule has 2 nitrogen and oxygen atoms in total. The maximum Gasteiger partial charge on any atom is 0.0463 e. The molecule has 0 spiro atoms. The molecule has 0 N–H and O–H groups in total. The van der Waals surface area contributed by atoms with E-state index in [4.69, 9.17) is 0 Å². The number of nitrogens with zero attached hydrogens (tertiary/aromatic N) is 2. The summed E-state index contributed by atoms with van der Waals surface area (Å²) in [6, 6.07) is 78.2. The Morgan fingerprint density at radius 2 is 0.615 bits per heavy atom. The molecule has 0 saturated heterocycles. The predicted octanol–water partition coefficient (Wildman–Crippen LogP) is 14.3. The Balaban J connectivity index is 1.03. The Bertz CT molecular complexity index is 2550. The highest BCUT2D eigenvalue weighted by Crippen LogP contribution is 2.40. The highest BCUT2D eigenvalue weighted by Gasteiger charge is 2.16. The van der Waals surface area contributed by atoms with Gasteiger partial charge < -0.3 is 9.80 Å². The van der Waals surface area contributed by atoms with Crippen molar-refractivity contribution in [3.05, 3.63) is 218 Å². The van der Waals surface area contributed by atoms with Crippen molar-refractivity contribution in [3.8, 4) is 22.3 Å². The van der Waals surface area contributed by atoms with E-state index in [2.05, 4.69) is 228 Å². The van der Waals surface area contributed by atoms with E-state index in [1.165, 1.54) is 43.8 Å². The Labute approximate surface area is 305 Å². The first kappa shape index (κ1) is 31.1. The van der Waals surface area contributed by atoms with Crippen molar-refractivity contribution in [2.75, 3.05) is 9.80 Å². The van der Waals surface area contributed by atoms with Crippen molar-refractivity contribution >= 4 is 55.7 Å². The topological polar surface area (TPSA) is 6.48 Å². The molecule has 2 heteroatoms. The van der Waals surface area contributed by atoms with Gasteiger partial charge in [0.25, 0.3) is 0 Å². The van der Waals surface area contributed by atoms with Crippen LogP contribution in [0, 0.1) is 0 Å². The molecule has 0 radical (unpaired) electrons. The van der Waals surface area contributed by atoms with E-state index >= 15 is 0 Å². The second-order valence-electron chi connectivity index (χ2n) is 13.0. The summed E-state index contributed by atoms with van der Waals surface area (Å²) in [5, 5.41) is 5.02. The molecular weight excluding hydrogens is 629 g/mol. The van der Waals surface area contributed by atoms with Gasteiger partial charge in [0.1, 0.15) is 0 Å². The van der Waals surface area contributed by atoms with Crippen molar-refractivity contribution in [3.63, 3.8) is 0 Å². The minimum atomic E-state index is 1.09. The molecule has 52 heavy (non-hydrogen) atoms. The fourth-order valence-corrected chi connectivity index (χ4v) is 7.25. The summed E-state index contributed by atoms with van der Waals surface area (Å²) in [6.07, 6.45) is 0. The van der Waals surface area contributed by atoms with Crippen LogP contribution in [0.2, 0.25) is 0 Å². The third-order valence-electron chi connectivity index (χ3n) is 9.81. The average Bonchev–Trinajstić information content (AvgIpc) is 3.22. The third-order valence-corrected chi connectivity index (χ3v) is 9.81. The van der Waals surface area contributed by atoms with Gasteiger partial charge in [0.2, 0.25) is 0 Å². The summed E-state index contributed by atoms with van der Waals surface area (Å²) >= 11 is 0. The van der Waals surface area contributed by atoms with Gasteiger partial charge in [-0.1, -0.05) is 133 Å². The summed E-state index contributed by atoms with van der Waals surface area (Å²) in [5.41, 5.74) is 11.5. The normalized spacial score (nSPS) is 11.1. The van der Waals surface area contributed by atoms with Crippen LogP contribution >= 0.6 is 0 Å². The minimum absolute atomic E-state index is 1.09. The van der Waals surface area contributed by atoms with E-state index < -0.39 is 0 Å². The van der Waals surface area contributed by atoms with Crippen LogP contribution in [0.25, 0.3) is 43.8 Å². The Morgan fingerprint density at radius 1 is 0.231 bits per heavy atom. The molecule has 0 amide bonds. The van der Waals surface area contributed by atoms with E-state index in [0.717, 1.165) is 34.1 Å². The Kier molecular flexibility index (Phi) is 8.24. The van der Waals surface area contributed by atoms with Gasteiger partial charge in [-0.2, -0.15) is 0 Å². The van der Waals surface area contributed by atoms with Crippen molar-refractivity contribution in [1.82, 2.24) is 0 Å². The van der Waals surface area contributed by atoms with Crippen molar-refractivity contribution in [1.29, 1.82) is 0 Å². The largest absolute Gasteiger partial charge is 0.311 e. The van der Waals surface area contributed by atoms with Gasteiger partial charge in [-0.05, 0) is 129 Å². The summed E-state index contributed by atoms with van der Waals surface area (Å²) < 4.78 is 0. The molecule has 0 heterocycles. The molecule has 0 fully saturated rings. The highest BCUT2D eigenvalue weighted by atomic mass is 15.2. The summed E-state index contributed by atoms with van der Waals surface area (Å²) in [5.74, 6) is 0. The first-order chi connectivity index (χ1) is 25.8. The standard InChI is InChI=1S/C50H36N2/c1-4-15-43(16-5-1)51(44-17-6-2-7-18-44)47-31-33-48(34-32-47)52(45-19-8-3-9-20-45)46-29-27-37(28-30-46)39-23-24-41-36-42(26-25-40(41)35-39)50-22-12-14-38-13-10-11-21-49(38)50/h1-36H. The van der Waals surface area contributed by atoms with Gasteiger partial charge in [0.05, 0.1) is 0 Å². The molecule has 9 aromatic rings. The van der Waals surface area contributed by atoms with Gasteiger partial charge >= 0.3 is 0 Å². The van der Waals surface area contributed by atoms with E-state index in [9.17, 15) is 0 Å². The minimum Gasteiger partial charge on any atom is -0.311 e. The maximum atomic E-state index is 2.32. The van der Waals surface area contributed by atoms with E-state index in [1.807, 2.05) is 0 Å². The SMILES string of the molecule is c1ccc(N(c2ccccc2)c2ccc(N(c3ccccc3)c3ccc(-c4ccc5cc(-c6cccc7ccccc67)ccc5c4)cc3)cc2)cc1. The van der Waals surface area contributed by atoms with Crippen LogP contribution < -0.4 is 9.80 Å². The quantitative estimate of drug-likeness (QED) is 0.159. The van der Waals surface area contributed by atoms with Crippen LogP contribution in [0.5, 0.6) is 0 Å². The second-order valence-corrected chi connectivity index (χ2v) is 13.0. The third kappa shape index (κ3) is 6.08. The van der Waals surface area contributed by atoms with Gasteiger partial charge in [0, 0.05) is 34.1 Å². The predicted molar refractivity (Wildman–Crippen MR) is 222 cm³/mol. The smallest absolute Gasteiger partial charge is 0.0463 e. The molecule has 0 aromatic heterocycles. The number of fused-ring (bicyclic) bond motifs is 2. The van der Waals surface area contributed by atoms with Crippen molar-refractivity contribution < 1.29 is 0 Å². The summed E-state index contributed by atoms with van der Waals surface area (Å²) in [7, 11) is 0. The van der Waals surface area contributed by atoms with Gasteiger partial charge in [-0.15, -0.1) is 0 Å². The molecule has 246 valence electrons. The Hall–Kier alpha value is -6.90. The summed E-state index contributed by atoms with van der Waals surface area (Å²) in [6.45, 7) is 0. The summed E-state index contributed by atoms with van der Waals surface area (Å²) in [4.78, 5) is 4.61. The molecule has 0 aliphatic rings. The van der Waals surface area contributed by atoms with Gasteiger partial charge in [0.15, 0.2) is 0 Å². The fraction of sp³-hybridized carbons (Fsp3) is 0. The second kappa shape index (κ2) is 13.8. The molecule has 0 atom stereocenters. The monoisotopic (exact) mass is 664 g/mol. The number of rotatable bonds is 8. The van der Waals surface area contributed by atoms with Crippen LogP contribution in [-0.2, 0) is 0 Å². The first-order valence-electron chi connectivity index (χ1n) is 17.8. The van der Waals surface area contributed by atoms with Crippen LogP contribution in [-0.4, -0.2) is 0 Å². The Morgan fingerprint density at radius 3 is 1.15 bits per heavy atom. The maximum absolute atomic E-state index is 2.32. The van der Waals surface area contributed by atoms with Crippen LogP contribution in [0.15, 0.2) is 218 Å². The van der Waals surface area contributed by atoms with E-state index in [-0.39, 0.29) is 0 Å². The first-order valence-corrected chi connectivity index (χ1v) is 17.8. The molecule has 9 rings (SSSR count). The zero-order valence-electron chi connectivity index (χ0n) is 28.7. The van der Waals surface area contributed by atoms with Gasteiger partial charge in [-0.25, -0.2) is 0 Å². The average molecular weight is 665 g/mol. The van der Waals surface area contributed by atoms with Gasteiger partial charge in [-0.3, -0.25) is 0 Å². The lowest BCUT2D eigenvalue weighted by atomic mass is 9.95. The van der Waals surface area contributed by atoms with E-state index in [0.29, 0.717) is 0 Å². The zero-order valence-corrected chi connectivity index (χ0v) is 28.7. The lowest BCUT2D eigenvalue weighted by molar-refractivity contribution is 1.26. The number of benzene rings is 9. The number of anilines is 6. The van der Waals surface area contributed by atoms with E-state index in [1.54, 1.807) is 0 Å². The van der Waals surface area contributed by atoms with Crippen LogP contribution in [0.3, 0.4) is 0 Å². The molecule has 0 unspecified atom stereocenters. The number of para-hydroxylation sites is 3. The number of hydrogen-bond acceptors (Lipinski definition) is 2. The fourth-order valence-electron chi connectivity index (χ4n) is 7.25. The lowest BCUT2D eigenvalue weighted by Gasteiger charge is -2.28. The number of hydrogen-bond donors (Lipinski definition) is 0. The van der Waals surface area contributed by atoms with Crippen LogP contribution in [0.1, 0.15) is 0 Å². The van der Waals surface area contributed by atoms with Crippen LogP contribution in [0.4, 0.5) is 34.1 Å². The molecule has 0 bridgehead atoms. The molecule has 0 saturated carbocycles. The van der Waals surface area contributed by atoms with Crippen molar-refractivity contribution in [2.45, 2.75) is 0 Å². The molecular formula is C50H36N2. The molecule has 0 aliphatic heterocycles. The highest BCUT2D eigenvalue weighted by molar-refractivity contribution is 5.99. The molecule has 9 aromatic carbocycles.